The molecule has 0 bridgehead atoms. The van der Waals surface area contributed by atoms with Gasteiger partial charge in [-0.05, 0) is 7.05 Å². The summed E-state index contributed by atoms with van der Waals surface area (Å²) in [7, 11) is -0.535. The highest BCUT2D eigenvalue weighted by Gasteiger charge is 2.35. The topological polar surface area (TPSA) is 84.5 Å². The first-order valence-electron chi connectivity index (χ1n) is 5.91. The molecule has 2 N–H and O–H groups in total. The van der Waals surface area contributed by atoms with Gasteiger partial charge in [0.2, 0.25) is 0 Å². The highest BCUT2D eigenvalue weighted by atomic mass is 32.2. The van der Waals surface area contributed by atoms with Crippen molar-refractivity contribution in [3.05, 3.63) is 12.4 Å². The lowest BCUT2D eigenvalue weighted by atomic mass is 10.0. The van der Waals surface area contributed by atoms with E-state index in [0.717, 1.165) is 4.31 Å². The maximum atomic E-state index is 13.6. The van der Waals surface area contributed by atoms with Crippen LogP contribution in [0.5, 0.6) is 0 Å². The second-order valence-electron chi connectivity index (χ2n) is 4.92. The van der Waals surface area contributed by atoms with Gasteiger partial charge in [-0.1, -0.05) is 0 Å². The molecule has 0 amide bonds. The van der Waals surface area contributed by atoms with Crippen LogP contribution in [0.15, 0.2) is 12.4 Å². The van der Waals surface area contributed by atoms with Crippen molar-refractivity contribution >= 4 is 15.9 Å². The average Bonchev–Trinajstić information content (AvgIpc) is 2.60. The minimum atomic E-state index is -3.96. The molecule has 1 aromatic heterocycles. The summed E-state index contributed by atoms with van der Waals surface area (Å²) in [6.07, 6.45) is 2.03. The number of aromatic nitrogens is 2. The Balaban J connectivity index is 2.33. The molecular weight excluding hydrogens is 273 g/mol. The van der Waals surface area contributed by atoms with Gasteiger partial charge in [0.25, 0.3) is 10.2 Å². The van der Waals surface area contributed by atoms with E-state index in [0.29, 0.717) is 18.8 Å². The molecule has 0 aromatic carbocycles. The van der Waals surface area contributed by atoms with Crippen molar-refractivity contribution in [2.24, 2.45) is 12.2 Å². The standard InChI is InChI=1S/C10H18FN5O2S/c1-14-5-8(11)3-9(6-14)16(19(12,17)18)10-4-13-15(2)7-10/h4,7-9H,3,5-6H2,1-2H3,(H2,12,17,18)/t8-,9-/m1/s1. The monoisotopic (exact) mass is 291 g/mol. The highest BCUT2D eigenvalue weighted by molar-refractivity contribution is 7.90. The van der Waals surface area contributed by atoms with E-state index in [9.17, 15) is 12.8 Å². The normalized spacial score (nSPS) is 25.5. The van der Waals surface area contributed by atoms with Crippen molar-refractivity contribution < 1.29 is 12.8 Å². The summed E-state index contributed by atoms with van der Waals surface area (Å²) >= 11 is 0. The lowest BCUT2D eigenvalue weighted by Gasteiger charge is -2.38. The number of aryl methyl sites for hydroxylation is 1. The molecule has 2 heterocycles. The maximum absolute atomic E-state index is 13.6. The van der Waals surface area contributed by atoms with Crippen LogP contribution in [-0.4, -0.2) is 55.4 Å². The van der Waals surface area contributed by atoms with Gasteiger partial charge in [-0.2, -0.15) is 13.5 Å². The molecule has 1 aliphatic rings. The quantitative estimate of drug-likeness (QED) is 0.811. The van der Waals surface area contributed by atoms with Crippen LogP contribution in [0.3, 0.4) is 0 Å². The number of halogens is 1. The van der Waals surface area contributed by atoms with Crippen molar-refractivity contribution in [2.75, 3.05) is 24.4 Å². The smallest absolute Gasteiger partial charge is 0.299 e. The van der Waals surface area contributed by atoms with Crippen LogP contribution in [0.1, 0.15) is 6.42 Å². The van der Waals surface area contributed by atoms with Crippen LogP contribution in [0.25, 0.3) is 0 Å². The second-order valence-corrected chi connectivity index (χ2v) is 6.34. The summed E-state index contributed by atoms with van der Waals surface area (Å²) in [5, 5.41) is 9.19. The molecule has 2 rings (SSSR count). The number of rotatable bonds is 3. The number of anilines is 1. The molecule has 0 spiro atoms. The van der Waals surface area contributed by atoms with E-state index >= 15 is 0 Å². The largest absolute Gasteiger partial charge is 0.301 e. The lowest BCUT2D eigenvalue weighted by molar-refractivity contribution is 0.148. The summed E-state index contributed by atoms with van der Waals surface area (Å²) in [5.41, 5.74) is 0.359. The average molecular weight is 291 g/mol. The molecule has 1 aromatic rings. The van der Waals surface area contributed by atoms with Crippen molar-refractivity contribution in [3.8, 4) is 0 Å². The highest BCUT2D eigenvalue weighted by Crippen LogP contribution is 2.25. The first-order valence-corrected chi connectivity index (χ1v) is 7.41. The molecule has 2 atom stereocenters. The zero-order chi connectivity index (χ0) is 14.2. The van der Waals surface area contributed by atoms with Crippen LogP contribution in [0, 0.1) is 0 Å². The third-order valence-electron chi connectivity index (χ3n) is 3.11. The van der Waals surface area contributed by atoms with Crippen LogP contribution in [0.2, 0.25) is 0 Å². The molecule has 108 valence electrons. The van der Waals surface area contributed by atoms with Gasteiger partial charge in [-0.15, -0.1) is 0 Å². The SMILES string of the molecule is CN1C[C@H](F)C[C@@H](N(c2cnn(C)c2)S(N)(=O)=O)C1. The van der Waals surface area contributed by atoms with Crippen LogP contribution in [-0.2, 0) is 17.3 Å². The Bertz CT molecular complexity index is 536. The third kappa shape index (κ3) is 3.23. The van der Waals surface area contributed by atoms with Gasteiger partial charge < -0.3 is 4.90 Å². The zero-order valence-corrected chi connectivity index (χ0v) is 11.7. The Labute approximate surface area is 112 Å². The number of hydrogen-bond acceptors (Lipinski definition) is 4. The van der Waals surface area contributed by atoms with Gasteiger partial charge in [0, 0.05) is 32.8 Å². The molecule has 7 nitrogen and oxygen atoms in total. The van der Waals surface area contributed by atoms with E-state index in [1.54, 1.807) is 25.2 Å². The van der Waals surface area contributed by atoms with E-state index < -0.39 is 22.4 Å². The minimum Gasteiger partial charge on any atom is -0.301 e. The first kappa shape index (κ1) is 14.2. The van der Waals surface area contributed by atoms with E-state index in [-0.39, 0.29) is 6.42 Å². The Morgan fingerprint density at radius 3 is 2.63 bits per heavy atom. The summed E-state index contributed by atoms with van der Waals surface area (Å²) in [4.78, 5) is 1.76. The van der Waals surface area contributed by atoms with E-state index in [2.05, 4.69) is 5.10 Å². The molecule has 9 heteroatoms. The summed E-state index contributed by atoms with van der Waals surface area (Å²) < 4.78 is 39.7. The van der Waals surface area contributed by atoms with E-state index in [1.165, 1.54) is 10.9 Å². The van der Waals surface area contributed by atoms with Crippen LogP contribution in [0.4, 0.5) is 10.1 Å². The van der Waals surface area contributed by atoms with Crippen LogP contribution < -0.4 is 9.44 Å². The maximum Gasteiger partial charge on any atom is 0.299 e. The lowest BCUT2D eigenvalue weighted by Crippen LogP contribution is -2.54. The number of likely N-dealkylation sites (N-methyl/N-ethyl adjacent to an activating group) is 1. The summed E-state index contributed by atoms with van der Waals surface area (Å²) in [6.45, 7) is 0.744. The molecule has 19 heavy (non-hydrogen) atoms. The van der Waals surface area contributed by atoms with Gasteiger partial charge in [-0.3, -0.25) is 8.99 Å². The number of likely N-dealkylation sites (tertiary alicyclic amines) is 1. The fourth-order valence-electron chi connectivity index (χ4n) is 2.47. The van der Waals surface area contributed by atoms with E-state index in [4.69, 9.17) is 5.14 Å². The summed E-state index contributed by atoms with van der Waals surface area (Å²) in [6, 6.07) is -0.520. The number of nitrogens with zero attached hydrogens (tertiary/aromatic N) is 4. The van der Waals surface area contributed by atoms with Gasteiger partial charge in [0.1, 0.15) is 6.17 Å². The molecule has 1 aliphatic heterocycles. The third-order valence-corrected chi connectivity index (χ3v) is 4.17. The molecule has 1 saturated heterocycles. The number of hydrogen-bond donors (Lipinski definition) is 1. The van der Waals surface area contributed by atoms with Crippen molar-refractivity contribution in [2.45, 2.75) is 18.6 Å². The number of alkyl halides is 1. The van der Waals surface area contributed by atoms with Crippen molar-refractivity contribution in [3.63, 3.8) is 0 Å². The molecule has 1 fully saturated rings. The van der Waals surface area contributed by atoms with Crippen molar-refractivity contribution in [1.82, 2.24) is 14.7 Å². The molecule has 0 unspecified atom stereocenters. The van der Waals surface area contributed by atoms with E-state index in [1.807, 2.05) is 0 Å². The van der Waals surface area contributed by atoms with Gasteiger partial charge in [0.15, 0.2) is 0 Å². The Kier molecular flexibility index (Phi) is 3.79. The second kappa shape index (κ2) is 5.06. The Morgan fingerprint density at radius 1 is 1.47 bits per heavy atom. The van der Waals surface area contributed by atoms with Crippen molar-refractivity contribution in [1.29, 1.82) is 0 Å². The number of piperidine rings is 1. The molecule has 0 saturated carbocycles. The Hall–Kier alpha value is -1.19. The minimum absolute atomic E-state index is 0.135. The van der Waals surface area contributed by atoms with Gasteiger partial charge >= 0.3 is 0 Å². The predicted molar refractivity (Wildman–Crippen MR) is 69.6 cm³/mol. The predicted octanol–water partition coefficient (Wildman–Crippen LogP) is -0.528. The zero-order valence-electron chi connectivity index (χ0n) is 10.9. The number of nitrogens with two attached hydrogens (primary N) is 1. The molecular formula is C10H18FN5O2S. The van der Waals surface area contributed by atoms with Crippen LogP contribution >= 0.6 is 0 Å². The summed E-state index contributed by atoms with van der Waals surface area (Å²) in [5.74, 6) is 0. The van der Waals surface area contributed by atoms with Gasteiger partial charge in [-0.25, -0.2) is 9.53 Å². The fraction of sp³-hybridized carbons (Fsp3) is 0.700. The van der Waals surface area contributed by atoms with Gasteiger partial charge in [0.05, 0.1) is 17.9 Å². The molecule has 0 radical (unpaired) electrons. The fourth-order valence-corrected chi connectivity index (χ4v) is 3.43. The molecule has 0 aliphatic carbocycles. The Morgan fingerprint density at radius 2 is 2.16 bits per heavy atom. The first-order chi connectivity index (χ1) is 8.77.